The quantitative estimate of drug-likeness (QED) is 0.845. The number of aromatic nitrogens is 2. The van der Waals surface area contributed by atoms with Gasteiger partial charge in [0, 0.05) is 11.9 Å². The normalized spacial score (nSPS) is 10.1. The third-order valence-electron chi connectivity index (χ3n) is 2.09. The van der Waals surface area contributed by atoms with Crippen molar-refractivity contribution >= 4 is 45.1 Å². The van der Waals surface area contributed by atoms with Gasteiger partial charge in [-0.05, 0) is 40.2 Å². The van der Waals surface area contributed by atoms with Crippen molar-refractivity contribution in [1.82, 2.24) is 9.97 Å². The molecule has 18 heavy (non-hydrogen) atoms. The molecule has 0 saturated carbocycles. The Kier molecular flexibility index (Phi) is 3.78. The Hall–Kier alpha value is -1.66. The van der Waals surface area contributed by atoms with Crippen molar-refractivity contribution < 1.29 is 9.90 Å². The molecule has 1 aromatic carbocycles. The van der Waals surface area contributed by atoms with E-state index in [1.165, 1.54) is 18.3 Å². The molecule has 0 saturated heterocycles. The predicted octanol–water partition coefficient (Wildman–Crippen LogP) is 3.33. The van der Waals surface area contributed by atoms with E-state index in [-0.39, 0.29) is 5.56 Å². The van der Waals surface area contributed by atoms with Crippen molar-refractivity contribution in [1.29, 1.82) is 0 Å². The van der Waals surface area contributed by atoms with Gasteiger partial charge in [0.15, 0.2) is 0 Å². The zero-order valence-corrected chi connectivity index (χ0v) is 11.2. The fourth-order valence-corrected chi connectivity index (χ4v) is 1.55. The van der Waals surface area contributed by atoms with Crippen molar-refractivity contribution in [3.63, 3.8) is 0 Å². The zero-order valence-electron chi connectivity index (χ0n) is 8.89. The predicted molar refractivity (Wildman–Crippen MR) is 71.4 cm³/mol. The minimum absolute atomic E-state index is 0.218. The second-order valence-electron chi connectivity index (χ2n) is 3.34. The number of aromatic carboxylic acids is 1. The molecule has 92 valence electrons. The lowest BCUT2D eigenvalue weighted by atomic mass is 10.2. The van der Waals surface area contributed by atoms with Crippen molar-refractivity contribution in [2.24, 2.45) is 0 Å². The monoisotopic (exact) mass is 327 g/mol. The van der Waals surface area contributed by atoms with E-state index in [2.05, 4.69) is 31.2 Å². The van der Waals surface area contributed by atoms with Crippen LogP contribution < -0.4 is 5.32 Å². The number of benzene rings is 1. The fraction of sp³-hybridized carbons (Fsp3) is 0. The molecule has 5 nitrogen and oxygen atoms in total. The van der Waals surface area contributed by atoms with E-state index in [0.717, 1.165) is 0 Å². The van der Waals surface area contributed by atoms with Crippen LogP contribution in [-0.2, 0) is 0 Å². The number of carboxylic acid groups (broad SMARTS) is 1. The summed E-state index contributed by atoms with van der Waals surface area (Å²) >= 11 is 9.02. The van der Waals surface area contributed by atoms with Crippen molar-refractivity contribution in [3.05, 3.63) is 45.7 Å². The van der Waals surface area contributed by atoms with Gasteiger partial charge in [-0.3, -0.25) is 0 Å². The van der Waals surface area contributed by atoms with Crippen molar-refractivity contribution in [2.75, 3.05) is 5.32 Å². The Bertz CT molecular complexity index is 589. The number of carboxylic acids is 1. The lowest BCUT2D eigenvalue weighted by Crippen LogP contribution is -1.99. The summed E-state index contributed by atoms with van der Waals surface area (Å²) in [6, 6.07) is 6.24. The molecule has 0 unspecified atom stereocenters. The number of nitrogens with one attached hydrogen (secondary N) is 1. The van der Waals surface area contributed by atoms with Crippen LogP contribution in [0.3, 0.4) is 0 Å². The van der Waals surface area contributed by atoms with Crippen LogP contribution in [-0.4, -0.2) is 21.0 Å². The lowest BCUT2D eigenvalue weighted by molar-refractivity contribution is 0.0697. The molecule has 0 amide bonds. The third-order valence-corrected chi connectivity index (χ3v) is 3.19. The molecular formula is C11H7BrClN3O2. The first-order valence-electron chi connectivity index (χ1n) is 4.84. The summed E-state index contributed by atoms with van der Waals surface area (Å²) < 4.78 is 0.607. The van der Waals surface area contributed by atoms with Crippen LogP contribution >= 0.6 is 27.5 Å². The van der Waals surface area contributed by atoms with E-state index < -0.39 is 5.97 Å². The minimum atomic E-state index is -0.968. The highest BCUT2D eigenvalue weighted by molar-refractivity contribution is 9.10. The van der Waals surface area contributed by atoms with Crippen molar-refractivity contribution in [2.45, 2.75) is 0 Å². The smallest absolute Gasteiger partial charge is 0.335 e. The van der Waals surface area contributed by atoms with Crippen molar-refractivity contribution in [3.8, 4) is 0 Å². The Morgan fingerprint density at radius 1 is 1.33 bits per heavy atom. The van der Waals surface area contributed by atoms with Gasteiger partial charge in [-0.15, -0.1) is 0 Å². The first-order valence-corrected chi connectivity index (χ1v) is 6.02. The van der Waals surface area contributed by atoms with Crippen LogP contribution in [0, 0.1) is 0 Å². The topological polar surface area (TPSA) is 75.1 Å². The van der Waals surface area contributed by atoms with Crippen LogP contribution in [0.4, 0.5) is 11.6 Å². The molecular weight excluding hydrogens is 321 g/mol. The van der Waals surface area contributed by atoms with Crippen LogP contribution in [0.1, 0.15) is 10.4 Å². The Morgan fingerprint density at radius 3 is 2.56 bits per heavy atom. The Labute approximate surface area is 116 Å². The molecule has 0 atom stereocenters. The summed E-state index contributed by atoms with van der Waals surface area (Å²) in [4.78, 5) is 18.7. The summed E-state index contributed by atoms with van der Waals surface area (Å²) in [7, 11) is 0. The largest absolute Gasteiger partial charge is 0.478 e. The molecule has 2 rings (SSSR count). The van der Waals surface area contributed by atoms with Crippen LogP contribution in [0.5, 0.6) is 0 Å². The minimum Gasteiger partial charge on any atom is -0.478 e. The fourth-order valence-electron chi connectivity index (χ4n) is 1.23. The number of halogens is 2. The van der Waals surface area contributed by atoms with Gasteiger partial charge in [-0.25, -0.2) is 9.78 Å². The molecule has 2 N–H and O–H groups in total. The van der Waals surface area contributed by atoms with Gasteiger partial charge < -0.3 is 10.4 Å². The molecule has 1 heterocycles. The molecule has 0 spiro atoms. The molecule has 0 bridgehead atoms. The average molecular weight is 329 g/mol. The summed E-state index contributed by atoms with van der Waals surface area (Å²) in [5.74, 6) is -0.629. The number of carbonyl (C=O) groups is 1. The summed E-state index contributed by atoms with van der Waals surface area (Å²) in [6.45, 7) is 0. The molecule has 0 aliphatic carbocycles. The van der Waals surface area contributed by atoms with Gasteiger partial charge in [0.25, 0.3) is 0 Å². The molecule has 0 radical (unpaired) electrons. The number of hydrogen-bond acceptors (Lipinski definition) is 4. The molecule has 0 aliphatic heterocycles. The Morgan fingerprint density at radius 2 is 2.00 bits per heavy atom. The standard InChI is InChI=1S/C11H7BrClN3O2/c12-8-5-14-11(16-9(8)13)15-7-3-1-6(2-4-7)10(17)18/h1-5H,(H,17,18)(H,14,15,16). The van der Waals surface area contributed by atoms with E-state index in [1.807, 2.05) is 0 Å². The van der Waals surface area contributed by atoms with Crippen LogP contribution in [0.25, 0.3) is 0 Å². The maximum absolute atomic E-state index is 10.7. The number of hydrogen-bond donors (Lipinski definition) is 2. The zero-order chi connectivity index (χ0) is 13.1. The summed E-state index contributed by atoms with van der Waals surface area (Å²) in [5, 5.41) is 12.0. The number of anilines is 2. The molecule has 1 aromatic heterocycles. The molecule has 7 heteroatoms. The highest BCUT2D eigenvalue weighted by Crippen LogP contribution is 2.21. The third kappa shape index (κ3) is 2.96. The maximum Gasteiger partial charge on any atom is 0.335 e. The van der Waals surface area contributed by atoms with E-state index in [0.29, 0.717) is 21.3 Å². The van der Waals surface area contributed by atoms with E-state index in [1.54, 1.807) is 12.1 Å². The molecule has 2 aromatic rings. The number of rotatable bonds is 3. The second kappa shape index (κ2) is 5.32. The highest BCUT2D eigenvalue weighted by atomic mass is 79.9. The van der Waals surface area contributed by atoms with Gasteiger partial charge in [-0.2, -0.15) is 4.98 Å². The highest BCUT2D eigenvalue weighted by Gasteiger charge is 2.04. The Balaban J connectivity index is 2.18. The maximum atomic E-state index is 10.7. The van der Waals surface area contributed by atoms with Gasteiger partial charge >= 0.3 is 5.97 Å². The summed E-state index contributed by atoms with van der Waals surface area (Å²) in [6.07, 6.45) is 1.53. The van der Waals surface area contributed by atoms with Crippen LogP contribution in [0.2, 0.25) is 5.15 Å². The van der Waals surface area contributed by atoms with E-state index >= 15 is 0 Å². The first-order chi connectivity index (χ1) is 8.56. The summed E-state index contributed by atoms with van der Waals surface area (Å²) in [5.41, 5.74) is 0.897. The van der Waals surface area contributed by atoms with Gasteiger partial charge in [0.05, 0.1) is 10.0 Å². The van der Waals surface area contributed by atoms with Gasteiger partial charge in [0.2, 0.25) is 5.95 Å². The number of nitrogens with zero attached hydrogens (tertiary/aromatic N) is 2. The van der Waals surface area contributed by atoms with E-state index in [9.17, 15) is 4.79 Å². The molecule has 0 fully saturated rings. The SMILES string of the molecule is O=C(O)c1ccc(Nc2ncc(Br)c(Cl)n2)cc1. The molecule has 0 aliphatic rings. The van der Waals surface area contributed by atoms with Gasteiger partial charge in [0.1, 0.15) is 5.15 Å². The van der Waals surface area contributed by atoms with E-state index in [4.69, 9.17) is 16.7 Å². The lowest BCUT2D eigenvalue weighted by Gasteiger charge is -2.05. The van der Waals surface area contributed by atoms with Crippen LogP contribution in [0.15, 0.2) is 34.9 Å². The average Bonchev–Trinajstić information content (AvgIpc) is 2.34. The first kappa shape index (κ1) is 12.8. The second-order valence-corrected chi connectivity index (χ2v) is 4.55. The van der Waals surface area contributed by atoms with Gasteiger partial charge in [-0.1, -0.05) is 11.6 Å².